The predicted octanol–water partition coefficient (Wildman–Crippen LogP) is 3.00. The summed E-state index contributed by atoms with van der Waals surface area (Å²) < 4.78 is 5.71. The largest absolute Gasteiger partial charge is 0.491 e. The van der Waals surface area contributed by atoms with Crippen molar-refractivity contribution >= 4 is 36.2 Å². The Kier molecular flexibility index (Phi) is 8.18. The molecule has 3 rings (SSSR count). The van der Waals surface area contributed by atoms with E-state index in [1.165, 1.54) is 5.06 Å². The molecule has 0 saturated heterocycles. The number of guanidine groups is 2. The topological polar surface area (TPSA) is 116 Å². The van der Waals surface area contributed by atoms with Crippen molar-refractivity contribution in [1.29, 1.82) is 0 Å². The molecule has 0 unspecified atom stereocenters. The number of carbonyl (C=O) groups is 1. The van der Waals surface area contributed by atoms with E-state index < -0.39 is 5.66 Å². The summed E-state index contributed by atoms with van der Waals surface area (Å²) in [5.41, 5.74) is 12.2. The van der Waals surface area contributed by atoms with E-state index in [0.717, 1.165) is 5.56 Å². The van der Waals surface area contributed by atoms with Crippen LogP contribution in [0.15, 0.2) is 70.7 Å². The minimum Gasteiger partial charge on any atom is -0.491 e. The van der Waals surface area contributed by atoms with Gasteiger partial charge in [-0.05, 0) is 37.6 Å². The molecule has 8 nitrogen and oxygen atoms in total. The van der Waals surface area contributed by atoms with Gasteiger partial charge in [-0.3, -0.25) is 9.63 Å². The number of nitrogens with two attached hydrogens (primary N) is 2. The van der Waals surface area contributed by atoms with Crippen LogP contribution in [0.2, 0.25) is 0 Å². The smallest absolute Gasteiger partial charge is 0.226 e. The lowest BCUT2D eigenvalue weighted by Gasteiger charge is -2.36. The van der Waals surface area contributed by atoms with Crippen LogP contribution in [0, 0.1) is 0 Å². The number of ether oxygens (including phenoxy) is 1. The second-order valence-corrected chi connectivity index (χ2v) is 7.05. The van der Waals surface area contributed by atoms with Crippen molar-refractivity contribution in [3.05, 3.63) is 71.8 Å². The van der Waals surface area contributed by atoms with Gasteiger partial charge >= 0.3 is 0 Å². The highest BCUT2D eigenvalue weighted by Gasteiger charge is 2.33. The van der Waals surface area contributed by atoms with Crippen LogP contribution < -0.4 is 16.2 Å². The first-order valence-corrected chi connectivity index (χ1v) is 9.48. The monoisotopic (exact) mass is 443 g/mol. The molecule has 0 radical (unpaired) electrons. The van der Waals surface area contributed by atoms with E-state index in [1.807, 2.05) is 30.3 Å². The molecule has 4 N–H and O–H groups in total. The van der Waals surface area contributed by atoms with Gasteiger partial charge in [0.2, 0.25) is 11.9 Å². The summed E-state index contributed by atoms with van der Waals surface area (Å²) in [7, 11) is 0. The molecule has 0 atom stereocenters. The Labute approximate surface area is 187 Å². The van der Waals surface area contributed by atoms with Crippen LogP contribution in [-0.2, 0) is 4.84 Å². The lowest BCUT2D eigenvalue weighted by molar-refractivity contribution is -0.161. The number of aliphatic imine (C=N–C) groups is 2. The van der Waals surface area contributed by atoms with Crippen molar-refractivity contribution in [1.82, 2.24) is 5.06 Å². The summed E-state index contributed by atoms with van der Waals surface area (Å²) >= 11 is 0. The molecule has 0 aliphatic carbocycles. The molecular formula is C22H26ClN5O3. The molecule has 0 bridgehead atoms. The second kappa shape index (κ2) is 10.6. The Balaban J connectivity index is 0.00000341. The minimum absolute atomic E-state index is 0. The zero-order valence-corrected chi connectivity index (χ0v) is 18.2. The first-order chi connectivity index (χ1) is 14.3. The molecule has 2 aromatic carbocycles. The van der Waals surface area contributed by atoms with Gasteiger partial charge in [0.15, 0.2) is 11.4 Å². The number of hydroxylamine groups is 2. The summed E-state index contributed by atoms with van der Waals surface area (Å²) in [6.07, 6.45) is 3.33. The van der Waals surface area contributed by atoms with Gasteiger partial charge in [-0.1, -0.05) is 48.5 Å². The summed E-state index contributed by atoms with van der Waals surface area (Å²) in [6, 6.07) is 16.6. The van der Waals surface area contributed by atoms with Gasteiger partial charge in [0.05, 0.1) is 0 Å². The Bertz CT molecular complexity index is 990. The maximum Gasteiger partial charge on any atom is 0.226 e. The zero-order chi connectivity index (χ0) is 21.6. The van der Waals surface area contributed by atoms with E-state index in [2.05, 4.69) is 9.98 Å². The first-order valence-electron chi connectivity index (χ1n) is 9.48. The van der Waals surface area contributed by atoms with Crippen LogP contribution >= 0.6 is 12.4 Å². The van der Waals surface area contributed by atoms with Gasteiger partial charge in [0.25, 0.3) is 0 Å². The molecular weight excluding hydrogens is 418 g/mol. The van der Waals surface area contributed by atoms with E-state index in [9.17, 15) is 4.79 Å². The Morgan fingerprint density at radius 2 is 1.84 bits per heavy atom. The van der Waals surface area contributed by atoms with Gasteiger partial charge in [0, 0.05) is 5.56 Å². The molecule has 9 heteroatoms. The number of allylic oxidation sites excluding steroid dienone is 1. The highest BCUT2D eigenvalue weighted by atomic mass is 35.5. The highest BCUT2D eigenvalue weighted by Crippen LogP contribution is 2.20. The second-order valence-electron chi connectivity index (χ2n) is 7.05. The van der Waals surface area contributed by atoms with E-state index in [1.54, 1.807) is 50.3 Å². The fraction of sp³-hybridized carbons (Fsp3) is 0.227. The van der Waals surface area contributed by atoms with Crippen molar-refractivity contribution in [2.75, 3.05) is 13.2 Å². The average molecular weight is 444 g/mol. The van der Waals surface area contributed by atoms with Crippen LogP contribution in [-0.4, -0.2) is 41.6 Å². The lowest BCUT2D eigenvalue weighted by Crippen LogP contribution is -2.54. The highest BCUT2D eigenvalue weighted by molar-refractivity contribution is 6.07. The van der Waals surface area contributed by atoms with Crippen LogP contribution in [0.4, 0.5) is 0 Å². The molecule has 0 saturated carbocycles. The predicted molar refractivity (Wildman–Crippen MR) is 124 cm³/mol. The normalized spacial score (nSPS) is 15.1. The van der Waals surface area contributed by atoms with Gasteiger partial charge < -0.3 is 16.2 Å². The zero-order valence-electron chi connectivity index (χ0n) is 17.4. The summed E-state index contributed by atoms with van der Waals surface area (Å²) in [5, 5.41) is 1.39. The van der Waals surface area contributed by atoms with Crippen molar-refractivity contribution in [2.24, 2.45) is 21.5 Å². The fourth-order valence-corrected chi connectivity index (χ4v) is 2.88. The molecule has 1 aliphatic heterocycles. The quantitative estimate of drug-likeness (QED) is 0.368. The number of halogens is 1. The van der Waals surface area contributed by atoms with Crippen molar-refractivity contribution in [2.45, 2.75) is 19.5 Å². The van der Waals surface area contributed by atoms with Gasteiger partial charge in [0.1, 0.15) is 19.0 Å². The maximum atomic E-state index is 12.4. The van der Waals surface area contributed by atoms with Crippen molar-refractivity contribution in [3.8, 4) is 5.75 Å². The third-order valence-electron chi connectivity index (χ3n) is 4.24. The molecule has 1 aliphatic rings. The number of ketones is 1. The summed E-state index contributed by atoms with van der Waals surface area (Å²) in [6.45, 7) is 4.07. The molecule has 0 spiro atoms. The maximum absolute atomic E-state index is 12.4. The number of hydrogen-bond donors (Lipinski definition) is 2. The fourth-order valence-electron chi connectivity index (χ4n) is 2.88. The van der Waals surface area contributed by atoms with Crippen LogP contribution in [0.25, 0.3) is 6.08 Å². The molecule has 0 amide bonds. The third-order valence-corrected chi connectivity index (χ3v) is 4.24. The van der Waals surface area contributed by atoms with E-state index >= 15 is 0 Å². The minimum atomic E-state index is -0.770. The molecule has 31 heavy (non-hydrogen) atoms. The van der Waals surface area contributed by atoms with Crippen LogP contribution in [0.5, 0.6) is 5.75 Å². The molecule has 2 aromatic rings. The SMILES string of the molecule is CC1(C)N=C(N)N=C(N)N1OCCOc1cccc(C(=O)/C=C/c2ccccc2)c1.Cl. The Hall–Kier alpha value is -3.36. The number of hydrogen-bond acceptors (Lipinski definition) is 8. The lowest BCUT2D eigenvalue weighted by atomic mass is 10.1. The van der Waals surface area contributed by atoms with Crippen molar-refractivity contribution in [3.63, 3.8) is 0 Å². The number of benzene rings is 2. The van der Waals surface area contributed by atoms with E-state index in [-0.39, 0.29) is 43.3 Å². The third kappa shape index (κ3) is 6.56. The molecule has 164 valence electrons. The van der Waals surface area contributed by atoms with Crippen molar-refractivity contribution < 1.29 is 14.4 Å². The molecule has 0 fully saturated rings. The van der Waals surface area contributed by atoms with E-state index in [4.69, 9.17) is 21.0 Å². The number of carbonyl (C=O) groups excluding carboxylic acids is 1. The Morgan fingerprint density at radius 3 is 2.55 bits per heavy atom. The average Bonchev–Trinajstić information content (AvgIpc) is 2.71. The van der Waals surface area contributed by atoms with Gasteiger partial charge in [-0.2, -0.15) is 10.1 Å². The molecule has 1 heterocycles. The summed E-state index contributed by atoms with van der Waals surface area (Å²) in [5.74, 6) is 0.705. The van der Waals surface area contributed by atoms with E-state index in [0.29, 0.717) is 11.3 Å². The van der Waals surface area contributed by atoms with Crippen LogP contribution in [0.3, 0.4) is 0 Å². The number of nitrogens with zero attached hydrogens (tertiary/aromatic N) is 3. The summed E-state index contributed by atoms with van der Waals surface area (Å²) in [4.78, 5) is 26.2. The Morgan fingerprint density at radius 1 is 1.10 bits per heavy atom. The van der Waals surface area contributed by atoms with Gasteiger partial charge in [-0.15, -0.1) is 12.4 Å². The van der Waals surface area contributed by atoms with Crippen LogP contribution in [0.1, 0.15) is 29.8 Å². The van der Waals surface area contributed by atoms with Gasteiger partial charge in [-0.25, -0.2) is 4.99 Å². The number of rotatable bonds is 8. The first kappa shape index (κ1) is 23.9. The standard InChI is InChI=1S/C22H25N5O3.ClH/c1-22(2)26-20(23)25-21(24)27(22)30-14-13-29-18-10-6-9-17(15-18)19(28)12-11-16-7-4-3-5-8-16;/h3-12,15H,13-14H2,1-2H3,(H4,23,24,25,26);1H/b12-11+;. The molecule has 0 aromatic heterocycles.